The Morgan fingerprint density at radius 3 is 2.89 bits per heavy atom. The minimum atomic E-state index is -3.16. The van der Waals surface area contributed by atoms with Crippen LogP contribution in [-0.4, -0.2) is 55.9 Å². The Morgan fingerprint density at radius 2 is 2.17 bits per heavy atom. The summed E-state index contributed by atoms with van der Waals surface area (Å²) < 4.78 is 25.8. The maximum atomic E-state index is 12.1. The van der Waals surface area contributed by atoms with E-state index >= 15 is 0 Å². The molecule has 1 saturated heterocycles. The summed E-state index contributed by atoms with van der Waals surface area (Å²) in [6.45, 7) is 1.45. The Hall–Kier alpha value is -0.170. The number of aliphatic hydroxyl groups is 1. The van der Waals surface area contributed by atoms with Gasteiger partial charge in [-0.3, -0.25) is 0 Å². The molecule has 2 aliphatic rings. The number of hydrogen-bond acceptors (Lipinski definition) is 4. The molecule has 2 rings (SSSR count). The van der Waals surface area contributed by atoms with Gasteiger partial charge in [-0.05, 0) is 26.3 Å². The van der Waals surface area contributed by atoms with E-state index in [9.17, 15) is 13.5 Å². The fraction of sp³-hybridized carbons (Fsp3) is 1.00. The van der Waals surface area contributed by atoms with E-state index in [2.05, 4.69) is 5.32 Å². The molecule has 1 aliphatic carbocycles. The normalized spacial score (nSPS) is 34.2. The van der Waals surface area contributed by atoms with Crippen LogP contribution in [0.15, 0.2) is 0 Å². The highest BCUT2D eigenvalue weighted by Crippen LogP contribution is 2.40. The van der Waals surface area contributed by atoms with Gasteiger partial charge in [0.2, 0.25) is 10.0 Å². The number of nitrogens with one attached hydrogen (secondary N) is 1. The third-order valence-electron chi connectivity index (χ3n) is 4.39. The number of hydrogen-bond donors (Lipinski definition) is 2. The highest BCUT2D eigenvalue weighted by molar-refractivity contribution is 7.89. The Balaban J connectivity index is 2.02. The van der Waals surface area contributed by atoms with E-state index in [4.69, 9.17) is 0 Å². The molecule has 0 aromatic carbocycles. The van der Waals surface area contributed by atoms with Gasteiger partial charge in [-0.15, -0.1) is 0 Å². The average Bonchev–Trinajstić information content (AvgIpc) is 2.35. The first kappa shape index (κ1) is 14.2. The van der Waals surface area contributed by atoms with Crippen LogP contribution < -0.4 is 5.32 Å². The second-order valence-corrected chi connectivity index (χ2v) is 7.66. The first-order valence-corrected chi connectivity index (χ1v) is 8.44. The van der Waals surface area contributed by atoms with Crippen LogP contribution in [-0.2, 0) is 10.0 Å². The van der Waals surface area contributed by atoms with Gasteiger partial charge in [0.05, 0.1) is 11.4 Å². The van der Waals surface area contributed by atoms with Crippen molar-refractivity contribution in [3.63, 3.8) is 0 Å². The monoisotopic (exact) mass is 276 g/mol. The molecule has 0 amide bonds. The minimum absolute atomic E-state index is 0.129. The molecular weight excluding hydrogens is 252 g/mol. The zero-order chi connectivity index (χ0) is 13.2. The van der Waals surface area contributed by atoms with Crippen LogP contribution >= 0.6 is 0 Å². The Morgan fingerprint density at radius 1 is 1.39 bits per heavy atom. The van der Waals surface area contributed by atoms with E-state index in [0.717, 1.165) is 25.7 Å². The van der Waals surface area contributed by atoms with Crippen LogP contribution in [0, 0.1) is 5.92 Å². The SMILES string of the molecule is CNCCS(=O)(=O)N1CCC2(O)CCCCC2C1. The lowest BCUT2D eigenvalue weighted by atomic mass is 9.72. The standard InChI is InChI=1S/C12H24N2O3S/c1-13-7-9-18(16,17)14-8-6-12(15)5-3-2-4-11(12)10-14/h11,13,15H,2-10H2,1H3. The lowest BCUT2D eigenvalue weighted by Crippen LogP contribution is -2.55. The topological polar surface area (TPSA) is 69.6 Å². The molecule has 18 heavy (non-hydrogen) atoms. The van der Waals surface area contributed by atoms with Gasteiger partial charge in [0, 0.05) is 25.6 Å². The van der Waals surface area contributed by atoms with Crippen LogP contribution in [0.25, 0.3) is 0 Å². The molecule has 2 N–H and O–H groups in total. The van der Waals surface area contributed by atoms with Gasteiger partial charge < -0.3 is 10.4 Å². The Bertz CT molecular complexity index is 385. The van der Waals surface area contributed by atoms with Crippen molar-refractivity contribution in [1.29, 1.82) is 0 Å². The maximum Gasteiger partial charge on any atom is 0.215 e. The maximum absolute atomic E-state index is 12.1. The van der Waals surface area contributed by atoms with Gasteiger partial charge in [-0.1, -0.05) is 12.8 Å². The van der Waals surface area contributed by atoms with E-state index in [1.54, 1.807) is 11.4 Å². The molecule has 0 spiro atoms. The van der Waals surface area contributed by atoms with Gasteiger partial charge in [0.25, 0.3) is 0 Å². The summed E-state index contributed by atoms with van der Waals surface area (Å²) >= 11 is 0. The molecule has 6 heteroatoms. The Labute approximate surface area is 110 Å². The molecule has 1 saturated carbocycles. The first-order valence-electron chi connectivity index (χ1n) is 6.83. The number of fused-ring (bicyclic) bond motifs is 1. The van der Waals surface area contributed by atoms with Crippen LogP contribution in [0.5, 0.6) is 0 Å². The second-order valence-electron chi connectivity index (χ2n) is 5.57. The van der Waals surface area contributed by atoms with E-state index in [-0.39, 0.29) is 11.7 Å². The number of rotatable bonds is 4. The molecule has 1 aliphatic heterocycles. The first-order chi connectivity index (χ1) is 8.48. The summed E-state index contributed by atoms with van der Waals surface area (Å²) in [7, 11) is -1.41. The Kier molecular flexibility index (Phi) is 4.31. The summed E-state index contributed by atoms with van der Waals surface area (Å²) in [6.07, 6.45) is 4.56. The molecular formula is C12H24N2O3S. The average molecular weight is 276 g/mol. The predicted octanol–water partition coefficient (Wildman–Crippen LogP) is 0.163. The molecule has 5 nitrogen and oxygen atoms in total. The quantitative estimate of drug-likeness (QED) is 0.767. The van der Waals surface area contributed by atoms with Crippen molar-refractivity contribution in [2.24, 2.45) is 5.92 Å². The molecule has 1 heterocycles. The van der Waals surface area contributed by atoms with Gasteiger partial charge in [-0.25, -0.2) is 12.7 Å². The zero-order valence-corrected chi connectivity index (χ0v) is 11.9. The van der Waals surface area contributed by atoms with Crippen LogP contribution in [0.4, 0.5) is 0 Å². The third-order valence-corrected chi connectivity index (χ3v) is 6.23. The van der Waals surface area contributed by atoms with Gasteiger partial charge in [-0.2, -0.15) is 0 Å². The van der Waals surface area contributed by atoms with Crippen LogP contribution in [0.1, 0.15) is 32.1 Å². The molecule has 0 radical (unpaired) electrons. The summed E-state index contributed by atoms with van der Waals surface area (Å²) in [5.74, 6) is 0.277. The van der Waals surface area contributed by atoms with E-state index in [1.807, 2.05) is 0 Å². The number of sulfonamides is 1. The summed E-state index contributed by atoms with van der Waals surface area (Å²) in [4.78, 5) is 0. The van der Waals surface area contributed by atoms with E-state index in [1.165, 1.54) is 0 Å². The highest BCUT2D eigenvalue weighted by atomic mass is 32.2. The van der Waals surface area contributed by atoms with Crippen molar-refractivity contribution < 1.29 is 13.5 Å². The van der Waals surface area contributed by atoms with E-state index in [0.29, 0.717) is 26.1 Å². The summed E-state index contributed by atoms with van der Waals surface area (Å²) in [5, 5.41) is 13.4. The number of piperidine rings is 1. The van der Waals surface area contributed by atoms with Gasteiger partial charge in [0.15, 0.2) is 0 Å². The number of nitrogens with zero attached hydrogens (tertiary/aromatic N) is 1. The highest BCUT2D eigenvalue weighted by Gasteiger charge is 2.44. The lowest BCUT2D eigenvalue weighted by molar-refractivity contribution is -0.0816. The van der Waals surface area contributed by atoms with Crippen molar-refractivity contribution in [1.82, 2.24) is 9.62 Å². The minimum Gasteiger partial charge on any atom is -0.390 e. The predicted molar refractivity (Wildman–Crippen MR) is 70.8 cm³/mol. The molecule has 0 aromatic rings. The summed E-state index contributed by atoms with van der Waals surface area (Å²) in [5.41, 5.74) is -0.604. The van der Waals surface area contributed by atoms with Crippen molar-refractivity contribution >= 4 is 10.0 Å². The molecule has 0 bridgehead atoms. The van der Waals surface area contributed by atoms with Crippen molar-refractivity contribution in [2.45, 2.75) is 37.7 Å². The molecule has 0 aromatic heterocycles. The third kappa shape index (κ3) is 2.87. The molecule has 2 unspecified atom stereocenters. The largest absolute Gasteiger partial charge is 0.390 e. The molecule has 106 valence electrons. The van der Waals surface area contributed by atoms with Crippen LogP contribution in [0.3, 0.4) is 0 Å². The smallest absolute Gasteiger partial charge is 0.215 e. The molecule has 2 atom stereocenters. The van der Waals surface area contributed by atoms with Gasteiger partial charge >= 0.3 is 0 Å². The lowest BCUT2D eigenvalue weighted by Gasteiger charge is -2.46. The molecule has 2 fully saturated rings. The fourth-order valence-electron chi connectivity index (χ4n) is 3.15. The second kappa shape index (κ2) is 5.45. The zero-order valence-electron chi connectivity index (χ0n) is 11.1. The van der Waals surface area contributed by atoms with Crippen LogP contribution in [0.2, 0.25) is 0 Å². The fourth-order valence-corrected chi connectivity index (χ4v) is 4.65. The van der Waals surface area contributed by atoms with E-state index < -0.39 is 15.6 Å². The van der Waals surface area contributed by atoms with Crippen molar-refractivity contribution in [3.8, 4) is 0 Å². The van der Waals surface area contributed by atoms with Crippen molar-refractivity contribution in [3.05, 3.63) is 0 Å². The summed E-state index contributed by atoms with van der Waals surface area (Å²) in [6, 6.07) is 0. The van der Waals surface area contributed by atoms with Crippen molar-refractivity contribution in [2.75, 3.05) is 32.4 Å². The van der Waals surface area contributed by atoms with Gasteiger partial charge in [0.1, 0.15) is 0 Å².